The van der Waals surface area contributed by atoms with Gasteiger partial charge in [-0.25, -0.2) is 10.8 Å². The van der Waals surface area contributed by atoms with E-state index in [1.165, 1.54) is 14.9 Å². The zero-order valence-corrected chi connectivity index (χ0v) is 17.1. The maximum absolute atomic E-state index is 11.3. The molecule has 1 aromatic heterocycles. The van der Waals surface area contributed by atoms with Gasteiger partial charge in [-0.3, -0.25) is 10.2 Å². The lowest BCUT2D eigenvalue weighted by molar-refractivity contribution is 0.0953. The summed E-state index contributed by atoms with van der Waals surface area (Å²) >= 11 is 8.00. The molecule has 9 heteroatoms. The van der Waals surface area contributed by atoms with Crippen LogP contribution in [-0.2, 0) is 6.61 Å². The predicted octanol–water partition coefficient (Wildman–Crippen LogP) is 3.14. The van der Waals surface area contributed by atoms with E-state index in [0.29, 0.717) is 17.3 Å². The largest absolute Gasteiger partial charge is 0.485 e. The first-order chi connectivity index (χ1) is 9.51. The third-order valence-electron chi connectivity index (χ3n) is 2.20. The summed E-state index contributed by atoms with van der Waals surface area (Å²) in [7, 11) is 0. The second-order valence-corrected chi connectivity index (χ2v) is 8.03. The lowest BCUT2D eigenvalue weighted by atomic mass is 10.3. The predicted molar refractivity (Wildman–Crippen MR) is 103 cm³/mol. The zero-order valence-electron chi connectivity index (χ0n) is 9.82. The Morgan fingerprint density at radius 2 is 2.00 bits per heavy atom. The van der Waals surface area contributed by atoms with Crippen LogP contribution in [0.15, 0.2) is 17.5 Å². The summed E-state index contributed by atoms with van der Waals surface area (Å²) in [5.41, 5.74) is 2.76. The van der Waals surface area contributed by atoms with Gasteiger partial charge in [-0.1, -0.05) is 0 Å². The molecular formula is C11H8I3N3O2S. The van der Waals surface area contributed by atoms with Crippen LogP contribution in [0.3, 0.4) is 0 Å². The van der Waals surface area contributed by atoms with Crippen molar-refractivity contribution in [2.45, 2.75) is 6.61 Å². The van der Waals surface area contributed by atoms with Crippen molar-refractivity contribution in [3.05, 3.63) is 38.9 Å². The van der Waals surface area contributed by atoms with Crippen LogP contribution in [0.2, 0.25) is 0 Å². The third kappa shape index (κ3) is 4.14. The number of aromatic nitrogens is 1. The van der Waals surface area contributed by atoms with Crippen molar-refractivity contribution in [3.63, 3.8) is 0 Å². The van der Waals surface area contributed by atoms with Crippen LogP contribution in [0.4, 0.5) is 0 Å². The fourth-order valence-electron chi connectivity index (χ4n) is 1.35. The van der Waals surface area contributed by atoms with Crippen LogP contribution in [0.5, 0.6) is 5.75 Å². The number of ether oxygens (including phenoxy) is 1. The lowest BCUT2D eigenvalue weighted by Crippen LogP contribution is -2.29. The molecule has 2 aromatic rings. The molecular weight excluding hydrogens is 619 g/mol. The normalized spacial score (nSPS) is 10.4. The minimum absolute atomic E-state index is 0.320. The number of nitrogens with zero attached hydrogens (tertiary/aromatic N) is 1. The number of nitrogens with two attached hydrogens (primary N) is 1. The summed E-state index contributed by atoms with van der Waals surface area (Å²) in [5, 5.41) is 2.12. The quantitative estimate of drug-likeness (QED) is 0.237. The van der Waals surface area contributed by atoms with Crippen molar-refractivity contribution < 1.29 is 9.53 Å². The van der Waals surface area contributed by atoms with E-state index < -0.39 is 0 Å². The Bertz CT molecular complexity index is 625. The number of amides is 1. The number of nitrogen functional groups attached to an aromatic ring is 1. The minimum Gasteiger partial charge on any atom is -0.485 e. The number of nitrogens with one attached hydrogen (secondary N) is 1. The average Bonchev–Trinajstić information content (AvgIpc) is 2.85. The van der Waals surface area contributed by atoms with E-state index in [1.807, 2.05) is 12.1 Å². The molecule has 0 atom stereocenters. The summed E-state index contributed by atoms with van der Waals surface area (Å²) in [5.74, 6) is 5.51. The SMILES string of the molecule is NNC(=O)c1nc(COc2c(I)cc(I)cc2I)cs1. The molecule has 0 aliphatic carbocycles. The van der Waals surface area contributed by atoms with Gasteiger partial charge in [-0.15, -0.1) is 11.3 Å². The Balaban J connectivity index is 2.09. The van der Waals surface area contributed by atoms with Crippen molar-refractivity contribution in [1.29, 1.82) is 0 Å². The Kier molecular flexibility index (Phi) is 6.25. The van der Waals surface area contributed by atoms with Gasteiger partial charge in [0, 0.05) is 8.95 Å². The van der Waals surface area contributed by atoms with E-state index in [4.69, 9.17) is 10.6 Å². The van der Waals surface area contributed by atoms with Crippen LogP contribution in [0.25, 0.3) is 0 Å². The first-order valence-electron chi connectivity index (χ1n) is 5.24. The van der Waals surface area contributed by atoms with Crippen molar-refractivity contribution in [2.24, 2.45) is 5.84 Å². The van der Waals surface area contributed by atoms with E-state index in [0.717, 1.165) is 12.9 Å². The molecule has 1 heterocycles. The summed E-state index contributed by atoms with van der Waals surface area (Å²) in [4.78, 5) is 15.5. The highest BCUT2D eigenvalue weighted by molar-refractivity contribution is 14.1. The van der Waals surface area contributed by atoms with E-state index in [-0.39, 0.29) is 5.91 Å². The second kappa shape index (κ2) is 7.51. The molecule has 5 nitrogen and oxygen atoms in total. The molecule has 0 saturated carbocycles. The number of hydrogen-bond donors (Lipinski definition) is 2. The lowest BCUT2D eigenvalue weighted by Gasteiger charge is -2.09. The number of halogens is 3. The van der Waals surface area contributed by atoms with Gasteiger partial charge in [0.15, 0.2) is 5.01 Å². The molecule has 2 rings (SSSR count). The summed E-state index contributed by atoms with van der Waals surface area (Å²) < 4.78 is 9.06. The van der Waals surface area contributed by atoms with Gasteiger partial charge in [-0.05, 0) is 79.9 Å². The van der Waals surface area contributed by atoms with Gasteiger partial charge in [0.2, 0.25) is 0 Å². The standard InChI is InChI=1S/C11H8I3N3O2S/c12-5-1-7(13)9(8(14)2-5)19-3-6-4-20-11(16-6)10(18)17-15/h1-2,4H,3,15H2,(H,17,18). The molecule has 1 amide bonds. The first kappa shape index (κ1) is 16.6. The van der Waals surface area contributed by atoms with E-state index in [1.54, 1.807) is 5.38 Å². The Hall–Kier alpha value is 0.270. The fraction of sp³-hybridized carbons (Fsp3) is 0.0909. The van der Waals surface area contributed by atoms with E-state index in [9.17, 15) is 4.79 Å². The summed E-state index contributed by atoms with van der Waals surface area (Å²) in [6, 6.07) is 4.10. The summed E-state index contributed by atoms with van der Waals surface area (Å²) in [6.07, 6.45) is 0. The van der Waals surface area contributed by atoms with E-state index in [2.05, 4.69) is 78.2 Å². The molecule has 0 spiro atoms. The van der Waals surface area contributed by atoms with Gasteiger partial charge >= 0.3 is 0 Å². The minimum atomic E-state index is -0.389. The van der Waals surface area contributed by atoms with Gasteiger partial charge < -0.3 is 4.74 Å². The number of thiazole rings is 1. The Morgan fingerprint density at radius 1 is 1.35 bits per heavy atom. The zero-order chi connectivity index (χ0) is 14.7. The van der Waals surface area contributed by atoms with Gasteiger partial charge in [0.25, 0.3) is 5.91 Å². The van der Waals surface area contributed by atoms with Crippen molar-refractivity contribution in [1.82, 2.24) is 10.4 Å². The number of carbonyl (C=O) groups is 1. The van der Waals surface area contributed by atoms with Crippen LogP contribution < -0.4 is 16.0 Å². The van der Waals surface area contributed by atoms with Crippen LogP contribution in [-0.4, -0.2) is 10.9 Å². The molecule has 20 heavy (non-hydrogen) atoms. The number of carbonyl (C=O) groups excluding carboxylic acids is 1. The van der Waals surface area contributed by atoms with Gasteiger partial charge in [0.1, 0.15) is 12.4 Å². The van der Waals surface area contributed by atoms with Gasteiger partial charge in [0.05, 0.1) is 12.8 Å². The maximum Gasteiger partial charge on any atom is 0.294 e. The molecule has 3 N–H and O–H groups in total. The molecule has 0 bridgehead atoms. The number of rotatable bonds is 4. The van der Waals surface area contributed by atoms with Crippen LogP contribution in [0, 0.1) is 10.7 Å². The molecule has 0 aliphatic heterocycles. The van der Waals surface area contributed by atoms with E-state index >= 15 is 0 Å². The average molecular weight is 627 g/mol. The first-order valence-corrected chi connectivity index (χ1v) is 9.35. The molecule has 0 unspecified atom stereocenters. The molecule has 0 radical (unpaired) electrons. The van der Waals surface area contributed by atoms with Crippen LogP contribution >= 0.6 is 79.1 Å². The van der Waals surface area contributed by atoms with Crippen molar-refractivity contribution in [2.75, 3.05) is 0 Å². The molecule has 106 valence electrons. The van der Waals surface area contributed by atoms with Gasteiger partial charge in [-0.2, -0.15) is 0 Å². The molecule has 0 aliphatic rings. The summed E-state index contributed by atoms with van der Waals surface area (Å²) in [6.45, 7) is 0.320. The Morgan fingerprint density at radius 3 is 2.60 bits per heavy atom. The second-order valence-electron chi connectivity index (χ2n) is 3.60. The topological polar surface area (TPSA) is 77.2 Å². The number of benzene rings is 1. The molecule has 1 aromatic carbocycles. The number of hydrazine groups is 1. The molecule has 0 saturated heterocycles. The van der Waals surface area contributed by atoms with Crippen molar-refractivity contribution in [3.8, 4) is 5.75 Å². The monoisotopic (exact) mass is 627 g/mol. The smallest absolute Gasteiger partial charge is 0.294 e. The highest BCUT2D eigenvalue weighted by Crippen LogP contribution is 2.30. The molecule has 0 fully saturated rings. The highest BCUT2D eigenvalue weighted by Gasteiger charge is 2.12. The van der Waals surface area contributed by atoms with Crippen molar-refractivity contribution >= 4 is 85.0 Å². The fourth-order valence-corrected chi connectivity index (χ4v) is 5.95. The Labute approximate surface area is 160 Å². The number of hydrogen-bond acceptors (Lipinski definition) is 5. The maximum atomic E-state index is 11.3. The van der Waals surface area contributed by atoms with Crippen LogP contribution in [0.1, 0.15) is 15.5 Å². The third-order valence-corrected chi connectivity index (χ3v) is 5.32. The highest BCUT2D eigenvalue weighted by atomic mass is 127.